The summed E-state index contributed by atoms with van der Waals surface area (Å²) in [5, 5.41) is 3.07. The Bertz CT molecular complexity index is 257. The molecule has 1 N–H and O–H groups in total. The fourth-order valence-corrected chi connectivity index (χ4v) is 2.64. The second kappa shape index (κ2) is 4.69. The van der Waals surface area contributed by atoms with Crippen molar-refractivity contribution in [1.82, 2.24) is 9.62 Å². The van der Waals surface area contributed by atoms with Crippen molar-refractivity contribution in [1.29, 1.82) is 0 Å². The van der Waals surface area contributed by atoms with Crippen LogP contribution in [0.1, 0.15) is 6.42 Å². The van der Waals surface area contributed by atoms with Gasteiger partial charge in [-0.15, -0.1) is 0 Å². The van der Waals surface area contributed by atoms with E-state index in [1.54, 1.807) is 0 Å². The van der Waals surface area contributed by atoms with Gasteiger partial charge in [0.2, 0.25) is 10.0 Å². The summed E-state index contributed by atoms with van der Waals surface area (Å²) in [5.41, 5.74) is 0. The van der Waals surface area contributed by atoms with E-state index in [9.17, 15) is 13.2 Å². The Hall–Kier alpha value is -0.460. The molecule has 0 aromatic heterocycles. The van der Waals surface area contributed by atoms with E-state index in [1.165, 1.54) is 4.31 Å². The van der Waals surface area contributed by atoms with Crippen LogP contribution in [0.3, 0.4) is 0 Å². The summed E-state index contributed by atoms with van der Waals surface area (Å²) in [6.45, 7) is 2.42. The van der Waals surface area contributed by atoms with Gasteiger partial charge in [-0.1, -0.05) is 0 Å². The third-order valence-corrected chi connectivity index (χ3v) is 3.87. The third kappa shape index (κ3) is 3.06. The minimum absolute atomic E-state index is 0.0590. The molecule has 0 amide bonds. The lowest BCUT2D eigenvalue weighted by atomic mass is 10.4. The lowest BCUT2D eigenvalue weighted by molar-refractivity contribution is -0.107. The Kier molecular flexibility index (Phi) is 3.83. The number of rotatable bonds is 4. The zero-order chi connectivity index (χ0) is 9.73. The Morgan fingerprint density at radius 3 is 2.46 bits per heavy atom. The van der Waals surface area contributed by atoms with Crippen molar-refractivity contribution in [3.63, 3.8) is 0 Å². The number of aldehydes is 1. The van der Waals surface area contributed by atoms with E-state index in [2.05, 4.69) is 5.32 Å². The predicted octanol–water partition coefficient (Wildman–Crippen LogP) is -1.19. The summed E-state index contributed by atoms with van der Waals surface area (Å²) in [4.78, 5) is 10.0. The molecule has 1 rings (SSSR count). The van der Waals surface area contributed by atoms with Gasteiger partial charge >= 0.3 is 0 Å². The van der Waals surface area contributed by atoms with Crippen LogP contribution in [-0.2, 0) is 14.8 Å². The van der Waals surface area contributed by atoms with Gasteiger partial charge in [0.15, 0.2) is 0 Å². The van der Waals surface area contributed by atoms with Crippen LogP contribution in [0.4, 0.5) is 0 Å². The SMILES string of the molecule is O=CCCS(=O)(=O)N1CCNCC1. The summed E-state index contributed by atoms with van der Waals surface area (Å²) < 4.78 is 24.4. The number of sulfonamides is 1. The van der Waals surface area contributed by atoms with Crippen molar-refractivity contribution in [2.45, 2.75) is 6.42 Å². The maximum absolute atomic E-state index is 11.5. The van der Waals surface area contributed by atoms with Crippen molar-refractivity contribution in [2.75, 3.05) is 31.9 Å². The molecule has 0 saturated carbocycles. The van der Waals surface area contributed by atoms with Gasteiger partial charge in [-0.3, -0.25) is 0 Å². The van der Waals surface area contributed by atoms with Crippen molar-refractivity contribution in [2.24, 2.45) is 0 Å². The van der Waals surface area contributed by atoms with Gasteiger partial charge in [0.1, 0.15) is 6.29 Å². The maximum Gasteiger partial charge on any atom is 0.214 e. The summed E-state index contributed by atoms with van der Waals surface area (Å²) in [6.07, 6.45) is 0.728. The number of hydrogen-bond acceptors (Lipinski definition) is 4. The van der Waals surface area contributed by atoms with E-state index < -0.39 is 10.0 Å². The maximum atomic E-state index is 11.5. The van der Waals surface area contributed by atoms with E-state index in [4.69, 9.17) is 0 Å². The first-order valence-electron chi connectivity index (χ1n) is 4.29. The highest BCUT2D eigenvalue weighted by molar-refractivity contribution is 7.89. The van der Waals surface area contributed by atoms with Gasteiger partial charge in [0.05, 0.1) is 5.75 Å². The van der Waals surface area contributed by atoms with Crippen molar-refractivity contribution >= 4 is 16.3 Å². The van der Waals surface area contributed by atoms with Crippen LogP contribution >= 0.6 is 0 Å². The number of nitrogens with zero attached hydrogens (tertiary/aromatic N) is 1. The van der Waals surface area contributed by atoms with Crippen LogP contribution in [0.2, 0.25) is 0 Å². The van der Waals surface area contributed by atoms with Crippen molar-refractivity contribution in [3.8, 4) is 0 Å². The number of carbonyl (C=O) groups is 1. The average molecular weight is 206 g/mol. The molecule has 0 aromatic rings. The minimum Gasteiger partial charge on any atom is -0.314 e. The van der Waals surface area contributed by atoms with E-state index in [-0.39, 0.29) is 12.2 Å². The van der Waals surface area contributed by atoms with Gasteiger partial charge in [0.25, 0.3) is 0 Å². The first-order chi connectivity index (χ1) is 6.17. The van der Waals surface area contributed by atoms with Crippen LogP contribution in [0, 0.1) is 0 Å². The highest BCUT2D eigenvalue weighted by Gasteiger charge is 2.22. The fourth-order valence-electron chi connectivity index (χ4n) is 1.25. The Balaban J connectivity index is 2.51. The Morgan fingerprint density at radius 2 is 1.92 bits per heavy atom. The molecule has 0 unspecified atom stereocenters. The molecule has 0 bridgehead atoms. The summed E-state index contributed by atoms with van der Waals surface area (Å²) in [7, 11) is -3.18. The number of nitrogens with one attached hydrogen (secondary N) is 1. The van der Waals surface area contributed by atoms with Gasteiger partial charge in [0, 0.05) is 32.6 Å². The highest BCUT2D eigenvalue weighted by atomic mass is 32.2. The first kappa shape index (κ1) is 10.6. The first-order valence-corrected chi connectivity index (χ1v) is 5.90. The molecule has 5 nitrogen and oxygen atoms in total. The molecular weight excluding hydrogens is 192 g/mol. The van der Waals surface area contributed by atoms with E-state index >= 15 is 0 Å². The predicted molar refractivity (Wildman–Crippen MR) is 48.9 cm³/mol. The van der Waals surface area contributed by atoms with Crippen molar-refractivity contribution in [3.05, 3.63) is 0 Å². The van der Waals surface area contributed by atoms with Gasteiger partial charge in [-0.05, 0) is 0 Å². The topological polar surface area (TPSA) is 66.5 Å². The molecule has 0 radical (unpaired) electrons. The zero-order valence-corrected chi connectivity index (χ0v) is 8.22. The quantitative estimate of drug-likeness (QED) is 0.587. The summed E-state index contributed by atoms with van der Waals surface area (Å²) >= 11 is 0. The summed E-state index contributed by atoms with van der Waals surface area (Å²) in [5.74, 6) is -0.0590. The summed E-state index contributed by atoms with van der Waals surface area (Å²) in [6, 6.07) is 0. The zero-order valence-electron chi connectivity index (χ0n) is 7.40. The van der Waals surface area contributed by atoms with E-state index in [0.717, 1.165) is 0 Å². The molecule has 0 spiro atoms. The highest BCUT2D eigenvalue weighted by Crippen LogP contribution is 2.03. The lowest BCUT2D eigenvalue weighted by Gasteiger charge is -2.26. The molecule has 1 saturated heterocycles. The van der Waals surface area contributed by atoms with Gasteiger partial charge in [-0.25, -0.2) is 8.42 Å². The van der Waals surface area contributed by atoms with Gasteiger partial charge < -0.3 is 10.1 Å². The monoisotopic (exact) mass is 206 g/mol. The largest absolute Gasteiger partial charge is 0.314 e. The molecular formula is C7H14N2O3S. The molecule has 1 aliphatic rings. The number of piperazine rings is 1. The molecule has 1 fully saturated rings. The lowest BCUT2D eigenvalue weighted by Crippen LogP contribution is -2.47. The van der Waals surface area contributed by atoms with Crippen LogP contribution in [0.25, 0.3) is 0 Å². The van der Waals surface area contributed by atoms with Crippen molar-refractivity contribution < 1.29 is 13.2 Å². The molecule has 0 atom stereocenters. The van der Waals surface area contributed by atoms with Crippen LogP contribution in [0.15, 0.2) is 0 Å². The second-order valence-corrected chi connectivity index (χ2v) is 5.01. The molecule has 76 valence electrons. The second-order valence-electron chi connectivity index (χ2n) is 2.92. The molecule has 1 heterocycles. The Labute approximate surface area is 78.2 Å². The minimum atomic E-state index is -3.18. The van der Waals surface area contributed by atoms with E-state index in [0.29, 0.717) is 32.5 Å². The molecule has 13 heavy (non-hydrogen) atoms. The number of hydrogen-bond donors (Lipinski definition) is 1. The molecule has 6 heteroatoms. The third-order valence-electron chi connectivity index (χ3n) is 1.96. The normalized spacial score (nSPS) is 20.0. The van der Waals surface area contributed by atoms with Gasteiger partial charge in [-0.2, -0.15) is 4.31 Å². The van der Waals surface area contributed by atoms with Crippen LogP contribution < -0.4 is 5.32 Å². The molecule has 1 aliphatic heterocycles. The smallest absolute Gasteiger partial charge is 0.214 e. The number of carbonyl (C=O) groups excluding carboxylic acids is 1. The standard InChI is InChI=1S/C7H14N2O3S/c10-6-1-7-13(11,12)9-4-2-8-3-5-9/h6,8H,1-5,7H2. The van der Waals surface area contributed by atoms with E-state index in [1.807, 2.05) is 0 Å². The average Bonchev–Trinajstić information content (AvgIpc) is 2.16. The van der Waals surface area contributed by atoms with Crippen LogP contribution in [0.5, 0.6) is 0 Å². The molecule has 0 aromatic carbocycles. The fraction of sp³-hybridized carbons (Fsp3) is 0.857. The van der Waals surface area contributed by atoms with Crippen LogP contribution in [-0.4, -0.2) is 50.9 Å². The molecule has 0 aliphatic carbocycles. The Morgan fingerprint density at radius 1 is 1.31 bits per heavy atom.